The lowest BCUT2D eigenvalue weighted by Crippen LogP contribution is -2.68. The number of anilines is 3. The summed E-state index contributed by atoms with van der Waals surface area (Å²) in [5.74, 6) is 0.962. The van der Waals surface area contributed by atoms with Crippen LogP contribution in [0.2, 0.25) is 10.1 Å². The van der Waals surface area contributed by atoms with Gasteiger partial charge in [-0.3, -0.25) is 0 Å². The summed E-state index contributed by atoms with van der Waals surface area (Å²) in [7, 11) is -3.15. The molecule has 1 fully saturated rings. The second-order valence-electron chi connectivity index (χ2n) is 13.9. The van der Waals surface area contributed by atoms with E-state index in [1.165, 1.54) is 11.0 Å². The molecule has 1 aliphatic rings. The molecule has 264 valence electrons. The number of carboxylic acid groups (broad SMARTS) is 1. The smallest absolute Gasteiger partial charge is 0.407 e. The molecule has 1 amide bonds. The van der Waals surface area contributed by atoms with Crippen LogP contribution >= 0.6 is 11.6 Å². The minimum absolute atomic E-state index is 0.251. The van der Waals surface area contributed by atoms with Crippen LogP contribution in [-0.2, 0) is 0 Å². The largest absolute Gasteiger partial charge is 0.533 e. The Morgan fingerprint density at radius 3 is 1.98 bits per heavy atom. The highest BCUT2D eigenvalue weighted by molar-refractivity contribution is 7.00. The predicted molar refractivity (Wildman–Crippen MR) is 210 cm³/mol. The summed E-state index contributed by atoms with van der Waals surface area (Å²) in [6.45, 7) is 8.06. The summed E-state index contributed by atoms with van der Waals surface area (Å²) >= 11 is 7.18. The van der Waals surface area contributed by atoms with E-state index in [0.717, 1.165) is 16.1 Å². The first-order chi connectivity index (χ1) is 25.1. The predicted octanol–water partition coefficient (Wildman–Crippen LogP) is 8.57. The third-order valence-electron chi connectivity index (χ3n) is 9.66. The number of halogens is 2. The van der Waals surface area contributed by atoms with Gasteiger partial charge in [0.2, 0.25) is 0 Å². The van der Waals surface area contributed by atoms with Gasteiger partial charge in [-0.05, 0) is 51.8 Å². The van der Waals surface area contributed by atoms with E-state index >= 15 is 4.39 Å². The number of aromatic nitrogens is 2. The van der Waals surface area contributed by atoms with Crippen LogP contribution in [-0.4, -0.2) is 60.8 Å². The Morgan fingerprint density at radius 1 is 0.808 bits per heavy atom. The minimum atomic E-state index is -3.15. The number of nitrogens with zero attached hydrogens (tertiary/aromatic N) is 4. The maximum atomic E-state index is 16.5. The molecule has 0 unspecified atom stereocenters. The molecule has 6 aromatic rings. The SMILES string of the molecule is CC(C)(C)[Si](Oc1cccc(F)c1-c1cc2c(Nc3ccccc3)nnc(N3CCN(C(=O)O)CC3)c2cc1Cl)(c1ccccc1)c1ccccc1. The van der Waals surface area contributed by atoms with Crippen molar-refractivity contribution in [3.63, 3.8) is 0 Å². The summed E-state index contributed by atoms with van der Waals surface area (Å²) in [4.78, 5) is 15.0. The van der Waals surface area contributed by atoms with Crippen LogP contribution in [0.25, 0.3) is 21.9 Å². The van der Waals surface area contributed by atoms with E-state index in [1.54, 1.807) is 12.1 Å². The van der Waals surface area contributed by atoms with Gasteiger partial charge in [0.05, 0.1) is 5.56 Å². The Kier molecular flexibility index (Phi) is 9.61. The van der Waals surface area contributed by atoms with Crippen molar-refractivity contribution in [2.75, 3.05) is 36.4 Å². The fraction of sp³-hybridized carbons (Fsp3) is 0.195. The highest BCUT2D eigenvalue weighted by Gasteiger charge is 2.52. The van der Waals surface area contributed by atoms with Crippen molar-refractivity contribution in [1.82, 2.24) is 15.1 Å². The normalized spacial score (nSPS) is 13.6. The summed E-state index contributed by atoms with van der Waals surface area (Å²) in [5, 5.41) is 25.6. The van der Waals surface area contributed by atoms with Crippen LogP contribution in [0.1, 0.15) is 20.8 Å². The van der Waals surface area contributed by atoms with Crippen LogP contribution in [0, 0.1) is 5.82 Å². The van der Waals surface area contributed by atoms with E-state index in [4.69, 9.17) is 16.0 Å². The third kappa shape index (κ3) is 6.55. The quantitative estimate of drug-likeness (QED) is 0.152. The monoisotopic (exact) mass is 731 g/mol. The van der Waals surface area contributed by atoms with Crippen LogP contribution in [0.15, 0.2) is 121 Å². The zero-order valence-corrected chi connectivity index (χ0v) is 30.9. The number of hydrogen-bond acceptors (Lipinski definition) is 6. The number of nitrogens with one attached hydrogen (secondary N) is 1. The first-order valence-corrected chi connectivity index (χ1v) is 19.5. The van der Waals surface area contributed by atoms with Gasteiger partial charge < -0.3 is 24.6 Å². The van der Waals surface area contributed by atoms with Crippen molar-refractivity contribution in [2.24, 2.45) is 0 Å². The van der Waals surface area contributed by atoms with E-state index in [2.05, 4.69) is 60.6 Å². The summed E-state index contributed by atoms with van der Waals surface area (Å²) in [5.41, 5.74) is 1.51. The first kappa shape index (κ1) is 35.0. The zero-order valence-electron chi connectivity index (χ0n) is 29.2. The number of piperazine rings is 1. The molecule has 1 aromatic heterocycles. The number of amides is 1. The maximum Gasteiger partial charge on any atom is 0.407 e. The Labute approximate surface area is 308 Å². The number of fused-ring (bicyclic) bond motifs is 1. The van der Waals surface area contributed by atoms with Gasteiger partial charge >= 0.3 is 14.4 Å². The number of carbonyl (C=O) groups is 1. The Bertz CT molecular complexity index is 2170. The van der Waals surface area contributed by atoms with Crippen molar-refractivity contribution in [3.8, 4) is 16.9 Å². The van der Waals surface area contributed by atoms with Gasteiger partial charge in [-0.2, -0.15) is 0 Å². The molecule has 1 aliphatic heterocycles. The molecule has 8 nitrogen and oxygen atoms in total. The maximum absolute atomic E-state index is 16.5. The molecule has 0 saturated carbocycles. The van der Waals surface area contributed by atoms with Crippen LogP contribution in [0.3, 0.4) is 0 Å². The van der Waals surface area contributed by atoms with Crippen molar-refractivity contribution < 1.29 is 18.7 Å². The number of rotatable bonds is 8. The van der Waals surface area contributed by atoms with E-state index < -0.39 is 20.2 Å². The zero-order chi connectivity index (χ0) is 36.5. The van der Waals surface area contributed by atoms with Gasteiger partial charge in [0, 0.05) is 53.2 Å². The number of hydrogen-bond donors (Lipinski definition) is 2. The van der Waals surface area contributed by atoms with Gasteiger partial charge in [0.1, 0.15) is 11.6 Å². The van der Waals surface area contributed by atoms with Crippen molar-refractivity contribution in [1.29, 1.82) is 0 Å². The average Bonchev–Trinajstić information content (AvgIpc) is 3.15. The minimum Gasteiger partial charge on any atom is -0.533 e. The Balaban J connectivity index is 1.42. The Morgan fingerprint density at radius 2 is 1.40 bits per heavy atom. The molecule has 7 rings (SSSR count). The molecule has 2 N–H and O–H groups in total. The number of para-hydroxylation sites is 1. The molecule has 0 spiro atoms. The van der Waals surface area contributed by atoms with E-state index in [9.17, 15) is 9.90 Å². The van der Waals surface area contributed by atoms with E-state index in [1.807, 2.05) is 83.8 Å². The van der Waals surface area contributed by atoms with Gasteiger partial charge in [-0.25, -0.2) is 9.18 Å². The summed E-state index contributed by atoms with van der Waals surface area (Å²) in [6, 6.07) is 38.6. The molecule has 1 saturated heterocycles. The summed E-state index contributed by atoms with van der Waals surface area (Å²) in [6.07, 6.45) is -0.952. The van der Waals surface area contributed by atoms with Gasteiger partial charge in [-0.1, -0.05) is 117 Å². The van der Waals surface area contributed by atoms with Crippen LogP contribution < -0.4 is 25.0 Å². The van der Waals surface area contributed by atoms with Crippen molar-refractivity contribution in [2.45, 2.75) is 25.8 Å². The molecule has 11 heteroatoms. The highest BCUT2D eigenvalue weighted by atomic mass is 35.5. The number of benzene rings is 5. The molecule has 52 heavy (non-hydrogen) atoms. The fourth-order valence-corrected chi connectivity index (χ4v) is 11.8. The molecule has 5 aromatic carbocycles. The van der Waals surface area contributed by atoms with Crippen LogP contribution in [0.4, 0.5) is 26.5 Å². The topological polar surface area (TPSA) is 90.8 Å². The average molecular weight is 732 g/mol. The highest BCUT2D eigenvalue weighted by Crippen LogP contribution is 2.45. The molecule has 0 bridgehead atoms. The molecule has 0 aliphatic carbocycles. The lowest BCUT2D eigenvalue weighted by atomic mass is 10.00. The van der Waals surface area contributed by atoms with E-state index in [0.29, 0.717) is 64.9 Å². The molecule has 0 radical (unpaired) electrons. The summed E-state index contributed by atoms with van der Waals surface area (Å²) < 4.78 is 23.9. The fourth-order valence-electron chi connectivity index (χ4n) is 7.11. The molecule has 0 atom stereocenters. The second kappa shape index (κ2) is 14.3. The third-order valence-corrected chi connectivity index (χ3v) is 14.9. The van der Waals surface area contributed by atoms with Gasteiger partial charge in [0.15, 0.2) is 11.6 Å². The molecule has 2 heterocycles. The lowest BCUT2D eigenvalue weighted by molar-refractivity contribution is 0.142. The Hall–Kier alpha value is -5.45. The van der Waals surface area contributed by atoms with Gasteiger partial charge in [0.25, 0.3) is 0 Å². The molecular formula is C41H39ClFN5O3Si. The van der Waals surface area contributed by atoms with Crippen LogP contribution in [0.5, 0.6) is 5.75 Å². The van der Waals surface area contributed by atoms with Gasteiger partial charge in [-0.15, -0.1) is 10.2 Å². The molecular weight excluding hydrogens is 693 g/mol. The van der Waals surface area contributed by atoms with Crippen molar-refractivity contribution >= 4 is 64.5 Å². The second-order valence-corrected chi connectivity index (χ2v) is 18.5. The lowest BCUT2D eigenvalue weighted by Gasteiger charge is -2.43. The first-order valence-electron chi connectivity index (χ1n) is 17.2. The van der Waals surface area contributed by atoms with E-state index in [-0.39, 0.29) is 10.6 Å². The standard InChI is InChI=1S/C41H39ClFN5O3Si/c1-41(2,3)52(29-16-9-5-10-17-29,30-18-11-6-12-19-30)51-36-21-13-20-35(43)37(36)33-26-31-32(27-34(33)42)39(47-22-24-48(25-23-47)40(49)50)46-45-38(31)44-28-14-7-4-8-15-28/h4-21,26-27H,22-25H2,1-3H3,(H,44,45)(H,49,50). The van der Waals surface area contributed by atoms with Crippen molar-refractivity contribution in [3.05, 3.63) is 132 Å².